The van der Waals surface area contributed by atoms with Crippen molar-refractivity contribution < 1.29 is 4.74 Å². The maximum Gasteiger partial charge on any atom is 0.123 e. The summed E-state index contributed by atoms with van der Waals surface area (Å²) < 4.78 is 5.70. The van der Waals surface area contributed by atoms with Crippen LogP contribution >= 0.6 is 0 Å². The van der Waals surface area contributed by atoms with Crippen LogP contribution in [0.1, 0.15) is 87.2 Å². The molecule has 1 aromatic rings. The van der Waals surface area contributed by atoms with E-state index in [-0.39, 0.29) is 0 Å². The molecule has 1 nitrogen and oxygen atoms in total. The van der Waals surface area contributed by atoms with Crippen LogP contribution in [0.5, 0.6) is 5.75 Å². The largest absolute Gasteiger partial charge is 0.496 e. The highest BCUT2D eigenvalue weighted by molar-refractivity contribution is 5.40. The van der Waals surface area contributed by atoms with Gasteiger partial charge in [0.25, 0.3) is 0 Å². The zero-order valence-electron chi connectivity index (χ0n) is 12.8. The van der Waals surface area contributed by atoms with Crippen LogP contribution in [-0.2, 0) is 0 Å². The molecule has 0 heterocycles. The van der Waals surface area contributed by atoms with Gasteiger partial charge in [0.2, 0.25) is 0 Å². The van der Waals surface area contributed by atoms with Gasteiger partial charge in [0, 0.05) is 5.56 Å². The van der Waals surface area contributed by atoms with E-state index in [9.17, 15) is 0 Å². The minimum absolute atomic E-state index is 0.680. The second-order valence-electron chi connectivity index (χ2n) is 6.58. The number of hydrogen-bond donors (Lipinski definition) is 0. The Bertz CT molecular complexity index is 425. The van der Waals surface area contributed by atoms with Crippen LogP contribution in [0.15, 0.2) is 12.1 Å². The number of hydrogen-bond acceptors (Lipinski definition) is 1. The molecule has 2 aliphatic rings. The second kappa shape index (κ2) is 6.65. The lowest BCUT2D eigenvalue weighted by Crippen LogP contribution is -2.09. The van der Waals surface area contributed by atoms with Crippen molar-refractivity contribution >= 4 is 0 Å². The van der Waals surface area contributed by atoms with E-state index in [4.69, 9.17) is 4.74 Å². The van der Waals surface area contributed by atoms with Crippen LogP contribution in [0.3, 0.4) is 0 Å². The Kier molecular flexibility index (Phi) is 4.65. The molecule has 0 N–H and O–H groups in total. The molecule has 2 aliphatic carbocycles. The molecule has 0 saturated heterocycles. The molecule has 109 valence electrons. The predicted molar refractivity (Wildman–Crippen MR) is 83.5 cm³/mol. The van der Waals surface area contributed by atoms with Crippen LogP contribution < -0.4 is 4.74 Å². The fourth-order valence-electron chi connectivity index (χ4n) is 4.05. The van der Waals surface area contributed by atoms with Gasteiger partial charge >= 0.3 is 0 Å². The zero-order chi connectivity index (χ0) is 13.8. The van der Waals surface area contributed by atoms with Gasteiger partial charge in [0.1, 0.15) is 5.75 Å². The average molecular weight is 271 g/mol. The van der Waals surface area contributed by atoms with E-state index in [1.54, 1.807) is 0 Å². The fourth-order valence-corrected chi connectivity index (χ4v) is 4.05. The molecule has 2 saturated carbocycles. The maximum absolute atomic E-state index is 5.70. The monoisotopic (exact) mass is 271 g/mol. The van der Waals surface area contributed by atoms with E-state index >= 15 is 0 Å². The van der Waals surface area contributed by atoms with Crippen molar-refractivity contribution in [1.82, 2.24) is 0 Å². The van der Waals surface area contributed by atoms with Crippen molar-refractivity contribution in [1.29, 1.82) is 0 Å². The highest BCUT2D eigenvalue weighted by atomic mass is 16.5. The van der Waals surface area contributed by atoms with E-state index in [0.29, 0.717) is 5.92 Å². The molecule has 0 aromatic heterocycles. The Labute approximate surface area is 123 Å². The lowest BCUT2D eigenvalue weighted by molar-refractivity contribution is 0.384. The van der Waals surface area contributed by atoms with Gasteiger partial charge in [-0.2, -0.15) is 0 Å². The molecule has 0 amide bonds. The molecule has 0 aliphatic heterocycles. The number of ether oxygens (including phenoxy) is 1. The summed E-state index contributed by atoms with van der Waals surface area (Å²) in [5.41, 5.74) is 2.80. The zero-order valence-corrected chi connectivity index (χ0v) is 12.8. The smallest absolute Gasteiger partial charge is 0.123 e. The Balaban J connectivity index is 1.81. The summed E-state index contributed by atoms with van der Waals surface area (Å²) in [6.07, 6.45) is 13.6. The Hall–Kier alpha value is -0.980. The lowest BCUT2D eigenvalue weighted by Gasteiger charge is -2.26. The van der Waals surface area contributed by atoms with E-state index in [1.165, 1.54) is 75.3 Å². The average Bonchev–Trinajstić information content (AvgIpc) is 2.56. The molecule has 0 atom stereocenters. The van der Waals surface area contributed by atoms with Gasteiger partial charge in [-0.3, -0.25) is 0 Å². The van der Waals surface area contributed by atoms with Crippen molar-refractivity contribution in [3.63, 3.8) is 0 Å². The first kappa shape index (κ1) is 14.0. The molecule has 0 unspecified atom stereocenters. The quantitative estimate of drug-likeness (QED) is 0.696. The first-order valence-electron chi connectivity index (χ1n) is 8.48. The highest BCUT2D eigenvalue weighted by Crippen LogP contribution is 2.40. The van der Waals surface area contributed by atoms with Crippen LogP contribution in [0.25, 0.3) is 0 Å². The summed E-state index contributed by atoms with van der Waals surface area (Å²) in [5.74, 6) is 2.52. The van der Waals surface area contributed by atoms with E-state index in [1.807, 2.05) is 7.11 Å². The van der Waals surface area contributed by atoms with Crippen LogP contribution in [0.2, 0.25) is 0 Å². The number of rotatable bonds is 3. The van der Waals surface area contributed by atoms with Crippen molar-refractivity contribution in [2.75, 3.05) is 7.11 Å². The van der Waals surface area contributed by atoms with E-state index in [0.717, 1.165) is 11.7 Å². The van der Waals surface area contributed by atoms with Gasteiger partial charge in [-0.15, -0.1) is 0 Å². The lowest BCUT2D eigenvalue weighted by atomic mass is 9.80. The van der Waals surface area contributed by atoms with Gasteiger partial charge in [0.05, 0.1) is 7.11 Å². The van der Waals surface area contributed by atoms with Gasteiger partial charge in [-0.25, -0.2) is 0 Å². The van der Waals surface area contributed by atoms with Crippen molar-refractivity contribution in [2.24, 2.45) is 0 Å². The van der Waals surface area contributed by atoms with Crippen molar-refractivity contribution in [3.05, 3.63) is 29.3 Å². The van der Waals surface area contributed by atoms with Gasteiger partial charge in [-0.1, -0.05) is 44.6 Å². The molecule has 0 spiro atoms. The Morgan fingerprint density at radius 3 is 2.10 bits per heavy atom. The Morgan fingerprint density at radius 1 is 0.900 bits per heavy atom. The van der Waals surface area contributed by atoms with Crippen molar-refractivity contribution in [3.8, 4) is 5.75 Å². The normalized spacial score (nSPS) is 21.9. The molecule has 20 heavy (non-hydrogen) atoms. The summed E-state index contributed by atoms with van der Waals surface area (Å²) in [5, 5.41) is 0. The molecule has 1 heteroatoms. The maximum atomic E-state index is 5.70. The van der Waals surface area contributed by atoms with E-state index in [2.05, 4.69) is 18.2 Å². The topological polar surface area (TPSA) is 9.23 Å². The second-order valence-corrected chi connectivity index (χ2v) is 6.58. The SMILES string of the molecule is COc1cc(C2CCCCC2)c[c]c1C1CCCCC1. The molecule has 1 aromatic carbocycles. The number of methoxy groups -OCH3 is 1. The highest BCUT2D eigenvalue weighted by Gasteiger charge is 2.22. The molecule has 2 fully saturated rings. The Morgan fingerprint density at radius 2 is 1.50 bits per heavy atom. The van der Waals surface area contributed by atoms with E-state index < -0.39 is 0 Å². The minimum Gasteiger partial charge on any atom is -0.496 e. The van der Waals surface area contributed by atoms with Crippen LogP contribution in [0.4, 0.5) is 0 Å². The fraction of sp³-hybridized carbons (Fsp3) is 0.684. The minimum atomic E-state index is 0.680. The molecule has 1 radical (unpaired) electrons. The van der Waals surface area contributed by atoms with Crippen LogP contribution in [-0.4, -0.2) is 7.11 Å². The number of benzene rings is 1. The summed E-state index contributed by atoms with van der Waals surface area (Å²) in [7, 11) is 1.82. The molecule has 0 bridgehead atoms. The van der Waals surface area contributed by atoms with Gasteiger partial charge < -0.3 is 4.74 Å². The predicted octanol–water partition coefficient (Wildman–Crippen LogP) is 5.59. The third kappa shape index (κ3) is 3.02. The summed E-state index contributed by atoms with van der Waals surface area (Å²) in [6, 6.07) is 8.18. The summed E-state index contributed by atoms with van der Waals surface area (Å²) >= 11 is 0. The van der Waals surface area contributed by atoms with Gasteiger partial charge in [0.15, 0.2) is 0 Å². The third-order valence-corrected chi connectivity index (χ3v) is 5.27. The molecular weight excluding hydrogens is 244 g/mol. The summed E-state index contributed by atoms with van der Waals surface area (Å²) in [6.45, 7) is 0. The standard InChI is InChI=1S/C19H27O/c1-20-19-14-17(15-8-4-2-5-9-15)12-13-18(19)16-10-6-3-7-11-16/h12,14-16H,2-11H2,1H3. The van der Waals surface area contributed by atoms with Gasteiger partial charge in [-0.05, 0) is 55.2 Å². The third-order valence-electron chi connectivity index (χ3n) is 5.27. The summed E-state index contributed by atoms with van der Waals surface area (Å²) in [4.78, 5) is 0. The first-order chi connectivity index (χ1) is 9.88. The van der Waals surface area contributed by atoms with Crippen molar-refractivity contribution in [2.45, 2.75) is 76.0 Å². The van der Waals surface area contributed by atoms with Crippen LogP contribution in [0, 0.1) is 6.07 Å². The first-order valence-corrected chi connectivity index (χ1v) is 8.48. The molecular formula is C19H27O. The molecule has 3 rings (SSSR count).